The Bertz CT molecular complexity index is 3860. The van der Waals surface area contributed by atoms with E-state index < -0.39 is 19.7 Å². The number of ether oxygens (including phenoxy) is 1. The van der Waals surface area contributed by atoms with E-state index in [1.807, 2.05) is 24.3 Å². The van der Waals surface area contributed by atoms with E-state index in [2.05, 4.69) is 110 Å². The van der Waals surface area contributed by atoms with Crippen LogP contribution in [0.15, 0.2) is 184 Å². The highest BCUT2D eigenvalue weighted by atomic mass is 32.2. The van der Waals surface area contributed by atoms with Crippen LogP contribution in [0, 0.1) is 29.1 Å². The normalized spacial score (nSPS) is 25.0. The minimum absolute atomic E-state index is 0.0832. The number of fused-ring (bicyclic) bond motifs is 2. The molecular formula is C76H91N7O5S2. The minimum atomic E-state index is -3.66. The summed E-state index contributed by atoms with van der Waals surface area (Å²) >= 11 is 0. The number of aromatic nitrogens is 2. The zero-order chi connectivity index (χ0) is 61.7. The van der Waals surface area contributed by atoms with E-state index in [0.717, 1.165) is 121 Å². The van der Waals surface area contributed by atoms with Gasteiger partial charge in [0.15, 0.2) is 0 Å². The number of pyridine rings is 2. The summed E-state index contributed by atoms with van der Waals surface area (Å²) < 4.78 is 59.8. The second kappa shape index (κ2) is 25.3. The van der Waals surface area contributed by atoms with Crippen LogP contribution >= 0.6 is 0 Å². The Morgan fingerprint density at radius 1 is 0.500 bits per heavy atom. The molecule has 14 heteroatoms. The van der Waals surface area contributed by atoms with Gasteiger partial charge in [0.25, 0.3) is 0 Å². The first-order chi connectivity index (χ1) is 43.7. The number of rotatable bonds is 18. The number of nitrogens with zero attached hydrogens (tertiary/aromatic N) is 7. The SMILES string of the molecule is CCN1Cc2cc(C3CCC(C4(C5CCN(Cc6ccccc6Oc6ccc(S(=O)(=O)c7ccncc7)cc6)CC5)CN(CC)Cc5ccccc54)C3)ccc2C(C2CCCC2)(C2CCN(CC3(C)CN(c4ccc(S(=O)(=O)c5ccncc5)cc4)C3)CC2)C1. The van der Waals surface area contributed by atoms with Gasteiger partial charge in [-0.3, -0.25) is 24.7 Å². The van der Waals surface area contributed by atoms with Crippen molar-refractivity contribution >= 4 is 25.4 Å². The average molecular weight is 1250 g/mol. The Balaban J connectivity index is 0.657. The predicted molar refractivity (Wildman–Crippen MR) is 356 cm³/mol. The van der Waals surface area contributed by atoms with E-state index in [9.17, 15) is 16.8 Å². The van der Waals surface area contributed by atoms with E-state index >= 15 is 0 Å². The molecule has 3 saturated heterocycles. The number of para-hydroxylation sites is 1. The van der Waals surface area contributed by atoms with E-state index in [0.29, 0.717) is 34.3 Å². The van der Waals surface area contributed by atoms with Crippen LogP contribution in [0.3, 0.4) is 0 Å². The molecule has 5 aromatic carbocycles. The highest BCUT2D eigenvalue weighted by molar-refractivity contribution is 7.91. The summed E-state index contributed by atoms with van der Waals surface area (Å²) in [7, 11) is -7.25. The lowest BCUT2D eigenvalue weighted by Gasteiger charge is -2.55. The second-order valence-corrected chi connectivity index (χ2v) is 32.2. The first-order valence-electron chi connectivity index (χ1n) is 33.9. The molecule has 90 heavy (non-hydrogen) atoms. The highest BCUT2D eigenvalue weighted by Gasteiger charge is 2.55. The maximum Gasteiger partial charge on any atom is 0.206 e. The molecule has 4 unspecified atom stereocenters. The smallest absolute Gasteiger partial charge is 0.206 e. The monoisotopic (exact) mass is 1250 g/mol. The van der Waals surface area contributed by atoms with Crippen molar-refractivity contribution < 1.29 is 21.6 Å². The van der Waals surface area contributed by atoms with Gasteiger partial charge < -0.3 is 14.5 Å². The molecule has 7 aromatic rings. The van der Waals surface area contributed by atoms with Crippen LogP contribution in [0.25, 0.3) is 0 Å². The molecule has 5 fully saturated rings. The molecule has 472 valence electrons. The first-order valence-corrected chi connectivity index (χ1v) is 36.8. The van der Waals surface area contributed by atoms with Crippen molar-refractivity contribution in [1.29, 1.82) is 0 Å². The summed E-state index contributed by atoms with van der Waals surface area (Å²) in [5.41, 5.74) is 10.8. The number of piperidine rings is 2. The van der Waals surface area contributed by atoms with Gasteiger partial charge in [-0.25, -0.2) is 16.8 Å². The third-order valence-corrected chi connectivity index (χ3v) is 26.6. The molecule has 7 aliphatic rings. The lowest BCUT2D eigenvalue weighted by Crippen LogP contribution is -2.61. The van der Waals surface area contributed by atoms with Gasteiger partial charge in [0.05, 0.1) is 19.6 Å². The van der Waals surface area contributed by atoms with E-state index in [-0.39, 0.29) is 30.9 Å². The molecule has 2 aliphatic carbocycles. The molecule has 0 amide bonds. The van der Waals surface area contributed by atoms with Crippen molar-refractivity contribution in [3.8, 4) is 11.5 Å². The van der Waals surface area contributed by atoms with Crippen LogP contribution in [0.2, 0.25) is 0 Å². The largest absolute Gasteiger partial charge is 0.457 e. The summed E-state index contributed by atoms with van der Waals surface area (Å²) in [6, 6.07) is 46.4. The average Bonchev–Trinajstić information content (AvgIpc) is 1.17. The third kappa shape index (κ3) is 11.7. The van der Waals surface area contributed by atoms with E-state index in [1.165, 1.54) is 107 Å². The quantitative estimate of drug-likeness (QED) is 0.0814. The molecule has 0 bridgehead atoms. The fourth-order valence-corrected chi connectivity index (χ4v) is 21.1. The summed E-state index contributed by atoms with van der Waals surface area (Å²) in [4.78, 5) is 22.5. The van der Waals surface area contributed by atoms with Crippen LogP contribution in [0.4, 0.5) is 5.69 Å². The Labute approximate surface area is 535 Å². The number of sulfone groups is 2. The Kier molecular flexibility index (Phi) is 17.2. The van der Waals surface area contributed by atoms with Crippen molar-refractivity contribution in [3.63, 3.8) is 0 Å². The van der Waals surface area contributed by atoms with Gasteiger partial charge in [-0.1, -0.05) is 94.3 Å². The second-order valence-electron chi connectivity index (χ2n) is 28.3. The fourth-order valence-electron chi connectivity index (χ4n) is 18.6. The van der Waals surface area contributed by atoms with Crippen molar-refractivity contribution in [1.82, 2.24) is 29.6 Å². The zero-order valence-electron chi connectivity index (χ0n) is 53.1. The first kappa shape index (κ1) is 61.3. The van der Waals surface area contributed by atoms with Gasteiger partial charge in [0.2, 0.25) is 19.7 Å². The van der Waals surface area contributed by atoms with Crippen LogP contribution < -0.4 is 9.64 Å². The molecule has 7 heterocycles. The Morgan fingerprint density at radius 2 is 1.02 bits per heavy atom. The fraction of sp³-hybridized carbons (Fsp3) is 0.474. The maximum atomic E-state index is 13.3. The van der Waals surface area contributed by atoms with Crippen molar-refractivity contribution in [2.75, 3.05) is 76.9 Å². The van der Waals surface area contributed by atoms with Crippen LogP contribution in [0.5, 0.6) is 11.5 Å². The van der Waals surface area contributed by atoms with E-state index in [4.69, 9.17) is 4.74 Å². The number of anilines is 1. The van der Waals surface area contributed by atoms with E-state index in [1.54, 1.807) is 70.8 Å². The zero-order valence-corrected chi connectivity index (χ0v) is 54.8. The van der Waals surface area contributed by atoms with Crippen molar-refractivity contribution in [2.45, 2.75) is 147 Å². The number of benzene rings is 5. The van der Waals surface area contributed by atoms with Gasteiger partial charge in [-0.05, 0) is 233 Å². The Hall–Kier alpha value is -6.26. The highest BCUT2D eigenvalue weighted by Crippen LogP contribution is 2.58. The molecule has 0 spiro atoms. The van der Waals surface area contributed by atoms with Gasteiger partial charge in [0.1, 0.15) is 11.5 Å². The summed E-state index contributed by atoms with van der Waals surface area (Å²) in [6.45, 7) is 22.0. The van der Waals surface area contributed by atoms with Gasteiger partial charge in [-0.15, -0.1) is 0 Å². The molecule has 12 nitrogen and oxygen atoms in total. The summed E-state index contributed by atoms with van der Waals surface area (Å²) in [5, 5.41) is 0. The predicted octanol–water partition coefficient (Wildman–Crippen LogP) is 14.0. The molecule has 14 rings (SSSR count). The maximum absolute atomic E-state index is 13.3. The topological polar surface area (TPSA) is 119 Å². The molecular weight excluding hydrogens is 1160 g/mol. The third-order valence-electron chi connectivity index (χ3n) is 23.1. The van der Waals surface area contributed by atoms with Gasteiger partial charge in [-0.2, -0.15) is 0 Å². The lowest BCUT2D eigenvalue weighted by atomic mass is 9.56. The summed E-state index contributed by atoms with van der Waals surface area (Å²) in [6.07, 6.45) is 20.1. The molecule has 0 N–H and O–H groups in total. The van der Waals surface area contributed by atoms with Gasteiger partial charge >= 0.3 is 0 Å². The number of likely N-dealkylation sites (tertiary alicyclic amines) is 2. The van der Waals surface area contributed by atoms with Gasteiger partial charge in [0, 0.05) is 105 Å². The van der Waals surface area contributed by atoms with Crippen LogP contribution in [-0.4, -0.2) is 118 Å². The molecule has 0 radical (unpaired) electrons. The number of hydrogen-bond acceptors (Lipinski definition) is 12. The molecule has 2 aromatic heterocycles. The summed E-state index contributed by atoms with van der Waals surface area (Å²) in [5.74, 6) is 4.53. The van der Waals surface area contributed by atoms with Crippen molar-refractivity contribution in [3.05, 3.63) is 198 Å². The molecule has 5 aliphatic heterocycles. The lowest BCUT2D eigenvalue weighted by molar-refractivity contribution is 0.0268. The molecule has 2 saturated carbocycles. The van der Waals surface area contributed by atoms with Crippen LogP contribution in [-0.2, 0) is 50.1 Å². The number of hydrogen-bond donors (Lipinski definition) is 0. The Morgan fingerprint density at radius 3 is 1.64 bits per heavy atom. The molecule has 4 atom stereocenters. The van der Waals surface area contributed by atoms with Crippen molar-refractivity contribution in [2.24, 2.45) is 29.1 Å². The minimum Gasteiger partial charge on any atom is -0.457 e. The number of likely N-dealkylation sites (N-methyl/N-ethyl adjacent to an activating group) is 2. The van der Waals surface area contributed by atoms with Crippen LogP contribution in [0.1, 0.15) is 131 Å². The standard InChI is InChI=1S/C76H91N7O5S2/c1-4-79-48-58-12-6-10-16-71(58)76(55-79,63-34-42-81(43-35-63)49-59-13-7-11-17-73(59)88-66-23-27-68(28-24-66)90(86,87)70-32-40-78-41-33-70)64-20-18-57(47-64)56-19-29-72-60(46-56)50-80(5-2)54-75(72,61-14-8-9-15-61)62-36-44-82(45-37-62)51-74(3)52-83(53-74)65-21-25-67(26-22-65)89(84,85)69-30-38-77-39-31-69/h6-7,10-13,16-17,19,21-33,38-41,46,57,61-64H,4-5,8-9,14-15,18,20,34-37,42-45,47-55H2,1-3H3.